The molecule has 0 saturated heterocycles. The summed E-state index contributed by atoms with van der Waals surface area (Å²) in [6, 6.07) is 26.5. The quantitative estimate of drug-likeness (QED) is 0.212. The van der Waals surface area contributed by atoms with Gasteiger partial charge in [-0.15, -0.1) is 0 Å². The highest BCUT2D eigenvalue weighted by Gasteiger charge is 2.24. The Morgan fingerprint density at radius 3 is 2.51 bits per heavy atom. The number of benzene rings is 4. The van der Waals surface area contributed by atoms with Crippen LogP contribution in [-0.2, 0) is 16.5 Å². The van der Waals surface area contributed by atoms with E-state index in [1.54, 1.807) is 7.11 Å². The highest BCUT2D eigenvalue weighted by molar-refractivity contribution is 7.85. The van der Waals surface area contributed by atoms with Crippen molar-refractivity contribution in [3.8, 4) is 22.6 Å². The average Bonchev–Trinajstić information content (AvgIpc) is 3.21. The van der Waals surface area contributed by atoms with Crippen molar-refractivity contribution in [3.05, 3.63) is 95.9 Å². The van der Waals surface area contributed by atoms with E-state index in [2.05, 4.69) is 36.4 Å². The Hall–Kier alpha value is -3.81. The van der Waals surface area contributed by atoms with Crippen LogP contribution >= 0.6 is 0 Å². The van der Waals surface area contributed by atoms with Crippen molar-refractivity contribution in [1.82, 2.24) is 0 Å². The third-order valence-corrected chi connectivity index (χ3v) is 7.51. The van der Waals surface area contributed by atoms with E-state index < -0.39 is 10.1 Å². The number of anilines is 1. The molecule has 4 aromatic rings. The summed E-state index contributed by atoms with van der Waals surface area (Å²) in [5.41, 5.74) is 5.36. The van der Waals surface area contributed by atoms with Gasteiger partial charge >= 0.3 is 0 Å². The molecule has 0 fully saturated rings. The molecule has 0 amide bonds. The first-order chi connectivity index (χ1) is 17.8. The van der Waals surface area contributed by atoms with Crippen LogP contribution in [0.2, 0.25) is 0 Å². The fourth-order valence-electron chi connectivity index (χ4n) is 4.75. The third kappa shape index (κ3) is 5.48. The van der Waals surface area contributed by atoms with E-state index in [0.29, 0.717) is 25.1 Å². The van der Waals surface area contributed by atoms with Gasteiger partial charge < -0.3 is 14.4 Å². The molecule has 0 spiro atoms. The topological polar surface area (TPSA) is 76.1 Å². The van der Waals surface area contributed by atoms with E-state index in [4.69, 9.17) is 14.0 Å². The van der Waals surface area contributed by atoms with Gasteiger partial charge in [-0.3, -0.25) is 4.55 Å². The summed E-state index contributed by atoms with van der Waals surface area (Å²) < 4.78 is 43.1. The van der Waals surface area contributed by atoms with E-state index >= 15 is 0 Å². The lowest BCUT2D eigenvalue weighted by molar-refractivity contribution is 0.415. The minimum absolute atomic E-state index is 0.243. The molecular weight excluding hydrogens is 486 g/mol. The molecule has 1 aliphatic rings. The lowest BCUT2D eigenvalue weighted by Gasteiger charge is -2.15. The molecule has 0 unspecified atom stereocenters. The largest absolute Gasteiger partial charge is 0.497 e. The maximum absolute atomic E-state index is 11.2. The lowest BCUT2D eigenvalue weighted by atomic mass is 9.94. The normalized spacial score (nSPS) is 14.1. The van der Waals surface area contributed by atoms with Gasteiger partial charge in [0.2, 0.25) is 5.88 Å². The highest BCUT2D eigenvalue weighted by Crippen LogP contribution is 2.41. The van der Waals surface area contributed by atoms with E-state index in [1.807, 2.05) is 60.5 Å². The summed E-state index contributed by atoms with van der Waals surface area (Å²) in [5, 5.41) is 2.12. The zero-order valence-corrected chi connectivity index (χ0v) is 21.7. The number of rotatable bonds is 8. The monoisotopic (exact) mass is 515 g/mol. The summed E-state index contributed by atoms with van der Waals surface area (Å²) in [6.07, 6.45) is 3.70. The molecule has 0 saturated carbocycles. The molecule has 1 heterocycles. The highest BCUT2D eigenvalue weighted by atomic mass is 32.2. The molecule has 190 valence electrons. The Bertz CT molecular complexity index is 1580. The molecule has 5 rings (SSSR count). The molecule has 0 radical (unpaired) electrons. The van der Waals surface area contributed by atoms with Crippen molar-refractivity contribution in [3.63, 3.8) is 0 Å². The molecule has 0 aromatic heterocycles. The van der Waals surface area contributed by atoms with Gasteiger partial charge in [0.25, 0.3) is 10.1 Å². The molecule has 0 bridgehead atoms. The SMILES string of the molecule is COc1ccc2c(CCCCS(=O)(=O)O)c(/C=C3\Oc4ccc(-c5ccccc5)cc4N3C)ccc2c1. The van der Waals surface area contributed by atoms with Crippen molar-refractivity contribution in [1.29, 1.82) is 0 Å². The Morgan fingerprint density at radius 2 is 1.76 bits per heavy atom. The van der Waals surface area contributed by atoms with Crippen LogP contribution in [0.25, 0.3) is 28.0 Å². The van der Waals surface area contributed by atoms with Crippen LogP contribution in [0.15, 0.2) is 84.7 Å². The van der Waals surface area contributed by atoms with Crippen LogP contribution in [0, 0.1) is 0 Å². The molecule has 0 aliphatic carbocycles. The number of aryl methyl sites for hydroxylation is 1. The first-order valence-electron chi connectivity index (χ1n) is 12.2. The Kier molecular flexibility index (Phi) is 6.91. The first-order valence-corrected chi connectivity index (χ1v) is 13.8. The zero-order chi connectivity index (χ0) is 26.0. The van der Waals surface area contributed by atoms with Crippen LogP contribution in [0.3, 0.4) is 0 Å². The molecular formula is C30H29NO5S. The number of hydrogen-bond acceptors (Lipinski definition) is 5. The van der Waals surface area contributed by atoms with Gasteiger partial charge in [0.05, 0.1) is 18.6 Å². The van der Waals surface area contributed by atoms with Gasteiger partial charge in [0.1, 0.15) is 5.75 Å². The Morgan fingerprint density at radius 1 is 0.946 bits per heavy atom. The van der Waals surface area contributed by atoms with Gasteiger partial charge in [-0.25, -0.2) is 0 Å². The molecule has 37 heavy (non-hydrogen) atoms. The second-order valence-corrected chi connectivity index (χ2v) is 10.7. The van der Waals surface area contributed by atoms with E-state index in [9.17, 15) is 8.42 Å². The molecule has 7 heteroatoms. The maximum atomic E-state index is 11.2. The minimum Gasteiger partial charge on any atom is -0.497 e. The van der Waals surface area contributed by atoms with Crippen LogP contribution in [0.1, 0.15) is 24.0 Å². The van der Waals surface area contributed by atoms with Crippen molar-refractivity contribution < 1.29 is 22.4 Å². The van der Waals surface area contributed by atoms with Crippen molar-refractivity contribution in [2.75, 3.05) is 24.8 Å². The molecule has 1 N–H and O–H groups in total. The Labute approximate surface area is 217 Å². The summed E-state index contributed by atoms with van der Waals surface area (Å²) in [7, 11) is -0.342. The number of nitrogens with zero attached hydrogens (tertiary/aromatic N) is 1. The third-order valence-electron chi connectivity index (χ3n) is 6.71. The molecule has 4 aromatic carbocycles. The second-order valence-electron chi connectivity index (χ2n) is 9.16. The first kappa shape index (κ1) is 24.9. The van der Waals surface area contributed by atoms with Gasteiger partial charge in [-0.2, -0.15) is 8.42 Å². The van der Waals surface area contributed by atoms with Crippen LogP contribution in [0.5, 0.6) is 11.5 Å². The van der Waals surface area contributed by atoms with E-state index in [0.717, 1.165) is 50.2 Å². The van der Waals surface area contributed by atoms with Gasteiger partial charge in [0, 0.05) is 13.1 Å². The fraction of sp³-hybridized carbons (Fsp3) is 0.200. The number of ether oxygens (including phenoxy) is 2. The second kappa shape index (κ2) is 10.3. The average molecular weight is 516 g/mol. The van der Waals surface area contributed by atoms with Gasteiger partial charge in [-0.1, -0.05) is 54.6 Å². The zero-order valence-electron chi connectivity index (χ0n) is 20.8. The molecule has 6 nitrogen and oxygen atoms in total. The van der Waals surface area contributed by atoms with Gasteiger partial charge in [0.15, 0.2) is 5.75 Å². The fourth-order valence-corrected chi connectivity index (χ4v) is 5.32. The minimum atomic E-state index is -3.98. The van der Waals surface area contributed by atoms with E-state index in [-0.39, 0.29) is 5.75 Å². The van der Waals surface area contributed by atoms with Crippen molar-refractivity contribution in [2.24, 2.45) is 0 Å². The standard InChI is InChI=1S/C30H29NO5S/c1-31-28-19-22(21-8-4-3-5-9-21)13-16-29(28)36-30(31)20-24-12-11-23-18-25(35-2)14-15-27(23)26(24)10-6-7-17-37(32,33)34/h3-5,8-9,11-16,18-20H,6-7,10,17H2,1-2H3,(H,32,33,34)/b30-20-. The molecule has 0 atom stereocenters. The summed E-state index contributed by atoms with van der Waals surface area (Å²) in [6.45, 7) is 0. The predicted octanol–water partition coefficient (Wildman–Crippen LogP) is 6.55. The summed E-state index contributed by atoms with van der Waals surface area (Å²) in [5.74, 6) is 2.05. The number of hydrogen-bond donors (Lipinski definition) is 1. The van der Waals surface area contributed by atoms with E-state index in [1.165, 1.54) is 0 Å². The molecule has 1 aliphatic heterocycles. The summed E-state index contributed by atoms with van der Waals surface area (Å²) >= 11 is 0. The smallest absolute Gasteiger partial charge is 0.264 e. The van der Waals surface area contributed by atoms with Gasteiger partial charge in [-0.05, 0) is 76.6 Å². The predicted molar refractivity (Wildman–Crippen MR) is 149 cm³/mol. The summed E-state index contributed by atoms with van der Waals surface area (Å²) in [4.78, 5) is 2.04. The van der Waals surface area contributed by atoms with Crippen LogP contribution in [-0.4, -0.2) is 32.9 Å². The van der Waals surface area contributed by atoms with Crippen LogP contribution in [0.4, 0.5) is 5.69 Å². The maximum Gasteiger partial charge on any atom is 0.264 e. The Balaban J connectivity index is 1.49. The number of unbranched alkanes of at least 4 members (excludes halogenated alkanes) is 1. The van der Waals surface area contributed by atoms with Crippen molar-refractivity contribution >= 4 is 32.7 Å². The van der Waals surface area contributed by atoms with Crippen LogP contribution < -0.4 is 14.4 Å². The lowest BCUT2D eigenvalue weighted by Crippen LogP contribution is -2.13. The van der Waals surface area contributed by atoms with Crippen molar-refractivity contribution in [2.45, 2.75) is 19.3 Å². The number of methoxy groups -OCH3 is 1. The number of fused-ring (bicyclic) bond motifs is 2.